The van der Waals surface area contributed by atoms with Gasteiger partial charge in [0.05, 0.1) is 7.11 Å². The van der Waals surface area contributed by atoms with Gasteiger partial charge in [-0.25, -0.2) is 0 Å². The van der Waals surface area contributed by atoms with E-state index in [0.717, 1.165) is 37.2 Å². The van der Waals surface area contributed by atoms with E-state index < -0.39 is 0 Å². The maximum Gasteiger partial charge on any atom is 0.224 e. The van der Waals surface area contributed by atoms with E-state index in [1.54, 1.807) is 7.11 Å². The Labute approximate surface area is 131 Å². The highest BCUT2D eigenvalue weighted by Gasteiger charge is 2.17. The summed E-state index contributed by atoms with van der Waals surface area (Å²) >= 11 is 0. The Morgan fingerprint density at radius 2 is 2.00 bits per heavy atom. The largest absolute Gasteiger partial charge is 0.497 e. The maximum atomic E-state index is 11.8. The van der Waals surface area contributed by atoms with Crippen LogP contribution in [-0.2, 0) is 16.0 Å². The minimum Gasteiger partial charge on any atom is -0.497 e. The third-order valence-electron chi connectivity index (χ3n) is 3.89. The topological polar surface area (TPSA) is 58.6 Å². The van der Waals surface area contributed by atoms with Gasteiger partial charge in [0.25, 0.3) is 0 Å². The van der Waals surface area contributed by atoms with Gasteiger partial charge in [0, 0.05) is 32.5 Å². The molecule has 0 radical (unpaired) electrons. The summed E-state index contributed by atoms with van der Waals surface area (Å²) in [6.07, 6.45) is 3.68. The molecule has 0 saturated carbocycles. The van der Waals surface area contributed by atoms with Crippen molar-refractivity contribution in [2.75, 3.05) is 26.7 Å². The van der Waals surface area contributed by atoms with Gasteiger partial charge in [0.1, 0.15) is 5.75 Å². The van der Waals surface area contributed by atoms with Crippen LogP contribution in [0.3, 0.4) is 0 Å². The van der Waals surface area contributed by atoms with Gasteiger partial charge in [-0.3, -0.25) is 9.59 Å². The number of hydrogen-bond acceptors (Lipinski definition) is 3. The zero-order valence-electron chi connectivity index (χ0n) is 13.1. The monoisotopic (exact) mass is 304 g/mol. The molecule has 2 amide bonds. The number of amides is 2. The van der Waals surface area contributed by atoms with Crippen LogP contribution < -0.4 is 10.1 Å². The van der Waals surface area contributed by atoms with Crippen molar-refractivity contribution >= 4 is 11.8 Å². The van der Waals surface area contributed by atoms with Gasteiger partial charge >= 0.3 is 0 Å². The molecule has 1 aromatic rings. The number of likely N-dealkylation sites (tertiary alicyclic amines) is 1. The molecule has 0 bridgehead atoms. The number of ether oxygens (including phenoxy) is 1. The SMILES string of the molecule is COc1cccc(CCC(=O)NCCC(=O)N2CCCC2)c1. The van der Waals surface area contributed by atoms with E-state index in [9.17, 15) is 9.59 Å². The number of carbonyl (C=O) groups is 2. The average Bonchev–Trinajstić information content (AvgIpc) is 3.07. The van der Waals surface area contributed by atoms with E-state index in [0.29, 0.717) is 25.8 Å². The van der Waals surface area contributed by atoms with Gasteiger partial charge in [-0.15, -0.1) is 0 Å². The van der Waals surface area contributed by atoms with E-state index in [1.165, 1.54) is 0 Å². The minimum atomic E-state index is -0.0166. The van der Waals surface area contributed by atoms with Crippen molar-refractivity contribution in [2.45, 2.75) is 32.1 Å². The van der Waals surface area contributed by atoms with Gasteiger partial charge < -0.3 is 15.0 Å². The Bertz CT molecular complexity index is 510. The lowest BCUT2D eigenvalue weighted by Gasteiger charge is -2.15. The summed E-state index contributed by atoms with van der Waals surface area (Å²) < 4.78 is 5.16. The summed E-state index contributed by atoms with van der Waals surface area (Å²) in [6.45, 7) is 2.15. The van der Waals surface area contributed by atoms with E-state index >= 15 is 0 Å². The summed E-state index contributed by atoms with van der Waals surface area (Å²) in [5.74, 6) is 0.928. The number of methoxy groups -OCH3 is 1. The second-order valence-electron chi connectivity index (χ2n) is 5.54. The molecule has 1 fully saturated rings. The van der Waals surface area contributed by atoms with Gasteiger partial charge in [-0.05, 0) is 37.0 Å². The molecule has 22 heavy (non-hydrogen) atoms. The lowest BCUT2D eigenvalue weighted by atomic mass is 10.1. The minimum absolute atomic E-state index is 0.0166. The first-order valence-corrected chi connectivity index (χ1v) is 7.86. The average molecular weight is 304 g/mol. The van der Waals surface area contributed by atoms with Crippen LogP contribution in [0.2, 0.25) is 0 Å². The smallest absolute Gasteiger partial charge is 0.224 e. The third-order valence-corrected chi connectivity index (χ3v) is 3.89. The summed E-state index contributed by atoms with van der Waals surface area (Å²) in [4.78, 5) is 25.5. The van der Waals surface area contributed by atoms with E-state index in [1.807, 2.05) is 29.2 Å². The van der Waals surface area contributed by atoms with Crippen LogP contribution in [0.1, 0.15) is 31.2 Å². The molecule has 0 spiro atoms. The fraction of sp³-hybridized carbons (Fsp3) is 0.529. The molecular formula is C17H24N2O3. The zero-order chi connectivity index (χ0) is 15.8. The highest BCUT2D eigenvalue weighted by Crippen LogP contribution is 2.13. The lowest BCUT2D eigenvalue weighted by molar-refractivity contribution is -0.130. The summed E-state index contributed by atoms with van der Waals surface area (Å²) in [5, 5.41) is 2.82. The van der Waals surface area contributed by atoms with Crippen LogP contribution in [-0.4, -0.2) is 43.5 Å². The van der Waals surface area contributed by atoms with Crippen LogP contribution in [0.4, 0.5) is 0 Å². The predicted octanol–water partition coefficient (Wildman–Crippen LogP) is 1.76. The van der Waals surface area contributed by atoms with Crippen molar-refractivity contribution < 1.29 is 14.3 Å². The highest BCUT2D eigenvalue weighted by molar-refractivity contribution is 5.79. The quantitative estimate of drug-likeness (QED) is 0.835. The van der Waals surface area contributed by atoms with Crippen molar-refractivity contribution in [1.82, 2.24) is 10.2 Å². The van der Waals surface area contributed by atoms with E-state index in [-0.39, 0.29) is 11.8 Å². The molecule has 1 saturated heterocycles. The molecule has 1 N–H and O–H groups in total. The number of nitrogens with one attached hydrogen (secondary N) is 1. The molecule has 0 aliphatic carbocycles. The zero-order valence-corrected chi connectivity index (χ0v) is 13.1. The normalized spacial score (nSPS) is 14.0. The first-order chi connectivity index (χ1) is 10.7. The molecule has 120 valence electrons. The third kappa shape index (κ3) is 5.06. The first kappa shape index (κ1) is 16.3. The number of rotatable bonds is 7. The van der Waals surface area contributed by atoms with E-state index in [4.69, 9.17) is 4.74 Å². The van der Waals surface area contributed by atoms with Crippen LogP contribution in [0.25, 0.3) is 0 Å². The van der Waals surface area contributed by atoms with Crippen molar-refractivity contribution in [3.8, 4) is 5.75 Å². The second kappa shape index (κ2) is 8.41. The van der Waals surface area contributed by atoms with Crippen molar-refractivity contribution in [2.24, 2.45) is 0 Å². The molecule has 5 nitrogen and oxygen atoms in total. The number of nitrogens with zero attached hydrogens (tertiary/aromatic N) is 1. The molecule has 1 aliphatic rings. The molecule has 1 aliphatic heterocycles. The molecule has 5 heteroatoms. The fourth-order valence-corrected chi connectivity index (χ4v) is 2.61. The van der Waals surface area contributed by atoms with E-state index in [2.05, 4.69) is 5.32 Å². The molecule has 0 unspecified atom stereocenters. The summed E-state index contributed by atoms with van der Waals surface area (Å²) in [6, 6.07) is 7.71. The number of hydrogen-bond donors (Lipinski definition) is 1. The standard InChI is InChI=1S/C17H24N2O3/c1-22-15-6-4-5-14(13-15)7-8-16(20)18-10-9-17(21)19-11-2-3-12-19/h4-6,13H,2-3,7-12H2,1H3,(H,18,20). The van der Waals surface area contributed by atoms with Crippen molar-refractivity contribution in [1.29, 1.82) is 0 Å². The second-order valence-corrected chi connectivity index (χ2v) is 5.54. The van der Waals surface area contributed by atoms with Crippen LogP contribution in [0.15, 0.2) is 24.3 Å². The Morgan fingerprint density at radius 1 is 1.23 bits per heavy atom. The molecule has 2 rings (SSSR count). The van der Waals surface area contributed by atoms with Crippen LogP contribution in [0.5, 0.6) is 5.75 Å². The Balaban J connectivity index is 1.64. The van der Waals surface area contributed by atoms with Gasteiger partial charge in [-0.2, -0.15) is 0 Å². The summed E-state index contributed by atoms with van der Waals surface area (Å²) in [7, 11) is 1.63. The van der Waals surface area contributed by atoms with Crippen molar-refractivity contribution in [3.05, 3.63) is 29.8 Å². The Hall–Kier alpha value is -2.04. The number of aryl methyl sites for hydroxylation is 1. The number of benzene rings is 1. The molecule has 0 aromatic heterocycles. The van der Waals surface area contributed by atoms with Gasteiger partial charge in [-0.1, -0.05) is 12.1 Å². The molecule has 0 atom stereocenters. The lowest BCUT2D eigenvalue weighted by Crippen LogP contribution is -2.32. The predicted molar refractivity (Wildman–Crippen MR) is 84.8 cm³/mol. The highest BCUT2D eigenvalue weighted by atomic mass is 16.5. The first-order valence-electron chi connectivity index (χ1n) is 7.86. The van der Waals surface area contributed by atoms with Crippen LogP contribution >= 0.6 is 0 Å². The molecule has 1 heterocycles. The maximum absolute atomic E-state index is 11.8. The molecule has 1 aromatic carbocycles. The number of carbonyl (C=O) groups excluding carboxylic acids is 2. The van der Waals surface area contributed by atoms with Crippen molar-refractivity contribution in [3.63, 3.8) is 0 Å². The summed E-state index contributed by atoms with van der Waals surface area (Å²) in [5.41, 5.74) is 1.07. The molecular weight excluding hydrogens is 280 g/mol. The van der Waals surface area contributed by atoms with Gasteiger partial charge in [0.15, 0.2) is 0 Å². The Morgan fingerprint density at radius 3 is 2.73 bits per heavy atom. The van der Waals surface area contributed by atoms with Crippen LogP contribution in [0, 0.1) is 0 Å². The fourth-order valence-electron chi connectivity index (χ4n) is 2.61. The Kier molecular flexibility index (Phi) is 6.25. The van der Waals surface area contributed by atoms with Gasteiger partial charge in [0.2, 0.25) is 11.8 Å².